The molecule has 93 valence electrons. The van der Waals surface area contributed by atoms with Crippen LogP contribution in [-0.2, 0) is 11.2 Å². The highest BCUT2D eigenvalue weighted by atomic mass is 16.5. The van der Waals surface area contributed by atoms with Crippen molar-refractivity contribution in [2.75, 3.05) is 6.61 Å². The molecule has 3 nitrogen and oxygen atoms in total. The first-order valence-electron chi connectivity index (χ1n) is 5.82. The van der Waals surface area contributed by atoms with E-state index in [4.69, 9.17) is 9.84 Å². The predicted molar refractivity (Wildman–Crippen MR) is 66.9 cm³/mol. The number of aliphatic hydroxyl groups is 1. The van der Waals surface area contributed by atoms with Gasteiger partial charge in [0.2, 0.25) is 0 Å². The van der Waals surface area contributed by atoms with Gasteiger partial charge in [0, 0.05) is 12.8 Å². The fourth-order valence-electron chi connectivity index (χ4n) is 1.66. The zero-order chi connectivity index (χ0) is 12.8. The number of rotatable bonds is 5. The van der Waals surface area contributed by atoms with Gasteiger partial charge in [-0.3, -0.25) is 4.79 Å². The lowest BCUT2D eigenvalue weighted by Gasteiger charge is -2.12. The van der Waals surface area contributed by atoms with Crippen LogP contribution in [0.15, 0.2) is 18.2 Å². The smallest absolute Gasteiger partial charge is 0.308 e. The Morgan fingerprint density at radius 3 is 2.53 bits per heavy atom. The average Bonchev–Trinajstić information content (AvgIpc) is 2.27. The van der Waals surface area contributed by atoms with Gasteiger partial charge in [-0.1, -0.05) is 26.3 Å². The Morgan fingerprint density at radius 2 is 2.00 bits per heavy atom. The summed E-state index contributed by atoms with van der Waals surface area (Å²) in [5.74, 6) is 1.09. The van der Waals surface area contributed by atoms with E-state index in [-0.39, 0.29) is 12.6 Å². The fraction of sp³-hybridized carbons (Fsp3) is 0.429. The molecule has 3 heteroatoms. The second-order valence-electron chi connectivity index (χ2n) is 4.15. The van der Waals surface area contributed by atoms with Gasteiger partial charge >= 0.3 is 5.97 Å². The van der Waals surface area contributed by atoms with E-state index in [1.54, 1.807) is 6.07 Å². The van der Waals surface area contributed by atoms with Crippen molar-refractivity contribution in [1.29, 1.82) is 0 Å². The molecule has 0 saturated heterocycles. The van der Waals surface area contributed by atoms with E-state index in [9.17, 15) is 4.79 Å². The van der Waals surface area contributed by atoms with Crippen molar-refractivity contribution in [3.8, 4) is 5.75 Å². The van der Waals surface area contributed by atoms with Gasteiger partial charge in [0.05, 0.1) is 6.61 Å². The Balaban J connectivity index is 3.04. The van der Waals surface area contributed by atoms with Crippen LogP contribution in [0.1, 0.15) is 38.3 Å². The van der Waals surface area contributed by atoms with Crippen LogP contribution in [0.25, 0.3) is 0 Å². The van der Waals surface area contributed by atoms with Crippen molar-refractivity contribution in [3.63, 3.8) is 0 Å². The molecule has 1 aromatic carbocycles. The Kier molecular flexibility index (Phi) is 5.16. The van der Waals surface area contributed by atoms with E-state index in [0.717, 1.165) is 29.9 Å². The summed E-state index contributed by atoms with van der Waals surface area (Å²) in [6.45, 7) is 5.35. The second-order valence-corrected chi connectivity index (χ2v) is 4.15. The van der Waals surface area contributed by atoms with Gasteiger partial charge in [0.15, 0.2) is 0 Å². The van der Waals surface area contributed by atoms with Gasteiger partial charge in [-0.25, -0.2) is 0 Å². The monoisotopic (exact) mass is 235 g/mol. The molecule has 0 aliphatic heterocycles. The van der Waals surface area contributed by atoms with Crippen LogP contribution in [0.5, 0.6) is 5.75 Å². The minimum Gasteiger partial charge on any atom is -0.427 e. The number of hydrogen-bond acceptors (Lipinski definition) is 3. The lowest BCUT2D eigenvalue weighted by Crippen LogP contribution is -2.05. The van der Waals surface area contributed by atoms with Crippen LogP contribution in [0.2, 0.25) is 0 Å². The van der Waals surface area contributed by atoms with Crippen molar-refractivity contribution in [2.45, 2.75) is 33.6 Å². The molecular formula is C14H19O3. The summed E-state index contributed by atoms with van der Waals surface area (Å²) in [6, 6.07) is 5.69. The number of aryl methyl sites for hydroxylation is 1. The first kappa shape index (κ1) is 13.7. The van der Waals surface area contributed by atoms with Crippen molar-refractivity contribution in [3.05, 3.63) is 35.2 Å². The standard InChI is InChI=1S/C14H19O3/c1-4-5-12-6-13(10(2)9-15)8-14(7-12)17-11(3)16/h6-8,15H,4-5,9H2,1-3H3. The van der Waals surface area contributed by atoms with E-state index in [2.05, 4.69) is 6.92 Å². The number of benzene rings is 1. The van der Waals surface area contributed by atoms with E-state index in [0.29, 0.717) is 5.75 Å². The summed E-state index contributed by atoms with van der Waals surface area (Å²) >= 11 is 0. The molecule has 0 unspecified atom stereocenters. The van der Waals surface area contributed by atoms with Crippen molar-refractivity contribution in [2.24, 2.45) is 0 Å². The van der Waals surface area contributed by atoms with E-state index < -0.39 is 0 Å². The summed E-state index contributed by atoms with van der Waals surface area (Å²) in [4.78, 5) is 11.0. The van der Waals surface area contributed by atoms with Crippen molar-refractivity contribution >= 4 is 5.97 Å². The Hall–Kier alpha value is -1.35. The van der Waals surface area contributed by atoms with Gasteiger partial charge in [-0.05, 0) is 29.7 Å². The third-order valence-electron chi connectivity index (χ3n) is 2.50. The molecule has 1 aromatic rings. The molecule has 0 bridgehead atoms. The molecule has 1 N–H and O–H groups in total. The Labute approximate surface area is 102 Å². The van der Waals surface area contributed by atoms with Gasteiger partial charge in [0.1, 0.15) is 5.75 Å². The molecular weight excluding hydrogens is 216 g/mol. The maximum absolute atomic E-state index is 11.0. The van der Waals surface area contributed by atoms with Gasteiger partial charge < -0.3 is 9.84 Å². The molecule has 0 aliphatic rings. The summed E-state index contributed by atoms with van der Waals surface area (Å²) in [7, 11) is 0. The number of ether oxygens (including phenoxy) is 1. The molecule has 17 heavy (non-hydrogen) atoms. The molecule has 1 rings (SSSR count). The highest BCUT2D eigenvalue weighted by Gasteiger charge is 2.09. The average molecular weight is 235 g/mol. The van der Waals surface area contributed by atoms with Crippen LogP contribution < -0.4 is 4.74 Å². The maximum Gasteiger partial charge on any atom is 0.308 e. The number of esters is 1. The Morgan fingerprint density at radius 1 is 1.29 bits per heavy atom. The van der Waals surface area contributed by atoms with Crippen LogP contribution in [0, 0.1) is 5.92 Å². The molecule has 1 radical (unpaired) electrons. The van der Waals surface area contributed by atoms with Crippen molar-refractivity contribution in [1.82, 2.24) is 0 Å². The highest BCUT2D eigenvalue weighted by molar-refractivity contribution is 5.69. The van der Waals surface area contributed by atoms with Gasteiger partial charge in [-0.2, -0.15) is 0 Å². The summed E-state index contributed by atoms with van der Waals surface area (Å²) in [6.07, 6.45) is 1.96. The Bertz CT molecular complexity index is 385. The zero-order valence-electron chi connectivity index (χ0n) is 10.6. The molecule has 0 atom stereocenters. The highest BCUT2D eigenvalue weighted by Crippen LogP contribution is 2.23. The number of carbonyl (C=O) groups excluding carboxylic acids is 1. The number of hydrogen-bond donors (Lipinski definition) is 1. The second kappa shape index (κ2) is 6.40. The van der Waals surface area contributed by atoms with Crippen molar-refractivity contribution < 1.29 is 14.6 Å². The normalized spacial score (nSPS) is 10.6. The minimum absolute atomic E-state index is 0.00902. The molecule has 0 spiro atoms. The van der Waals surface area contributed by atoms with E-state index in [1.165, 1.54) is 6.92 Å². The third-order valence-corrected chi connectivity index (χ3v) is 2.50. The van der Waals surface area contributed by atoms with Crippen LogP contribution in [0.4, 0.5) is 0 Å². The van der Waals surface area contributed by atoms with Crippen LogP contribution in [-0.4, -0.2) is 17.7 Å². The summed E-state index contributed by atoms with van der Waals surface area (Å²) in [5.41, 5.74) is 2.05. The molecule has 0 fully saturated rings. The van der Waals surface area contributed by atoms with Crippen LogP contribution >= 0.6 is 0 Å². The predicted octanol–water partition coefficient (Wildman–Crippen LogP) is 2.50. The molecule has 0 aliphatic carbocycles. The van der Waals surface area contributed by atoms with Crippen LogP contribution in [0.3, 0.4) is 0 Å². The largest absolute Gasteiger partial charge is 0.427 e. The first-order valence-corrected chi connectivity index (χ1v) is 5.82. The molecule has 0 saturated carbocycles. The lowest BCUT2D eigenvalue weighted by molar-refractivity contribution is -0.131. The first-order chi connectivity index (χ1) is 8.06. The van der Waals surface area contributed by atoms with Gasteiger partial charge in [-0.15, -0.1) is 0 Å². The number of carbonyl (C=O) groups is 1. The summed E-state index contributed by atoms with van der Waals surface area (Å²) < 4.78 is 5.10. The molecule has 0 aromatic heterocycles. The fourth-order valence-corrected chi connectivity index (χ4v) is 1.66. The van der Waals surface area contributed by atoms with E-state index in [1.807, 2.05) is 19.1 Å². The SMILES string of the molecule is CCCc1cc(OC(C)=O)cc([C](C)CO)c1. The zero-order valence-corrected chi connectivity index (χ0v) is 10.6. The van der Waals surface area contributed by atoms with E-state index >= 15 is 0 Å². The topological polar surface area (TPSA) is 46.5 Å². The third kappa shape index (κ3) is 4.19. The summed E-state index contributed by atoms with van der Waals surface area (Å²) in [5, 5.41) is 9.14. The quantitative estimate of drug-likeness (QED) is 0.630. The molecule has 0 amide bonds. The van der Waals surface area contributed by atoms with Gasteiger partial charge in [0.25, 0.3) is 0 Å². The number of aliphatic hydroxyl groups excluding tert-OH is 1. The molecule has 0 heterocycles. The lowest BCUT2D eigenvalue weighted by atomic mass is 9.98. The minimum atomic E-state index is -0.328. The maximum atomic E-state index is 11.0.